The zero-order chi connectivity index (χ0) is 14.4. The molecule has 1 aromatic carbocycles. The van der Waals surface area contributed by atoms with Gasteiger partial charge in [-0.05, 0) is 23.6 Å². The summed E-state index contributed by atoms with van der Waals surface area (Å²) in [4.78, 5) is 12.0. The number of hydrogen-bond donors (Lipinski definition) is 3. The number of carbonyl (C=O) groups excluding carboxylic acids is 1. The van der Waals surface area contributed by atoms with Crippen LogP contribution in [0.15, 0.2) is 33.9 Å². The minimum absolute atomic E-state index is 0.0409. The van der Waals surface area contributed by atoms with Crippen molar-refractivity contribution in [1.29, 1.82) is 0 Å². The summed E-state index contributed by atoms with van der Waals surface area (Å²) in [6, 6.07) is 7.65. The van der Waals surface area contributed by atoms with Crippen LogP contribution in [0.2, 0.25) is 0 Å². The van der Waals surface area contributed by atoms with Gasteiger partial charge in [0.2, 0.25) is 5.91 Å². The molecule has 1 aromatic rings. The Hall–Kier alpha value is -1.56. The van der Waals surface area contributed by atoms with Crippen LogP contribution in [0.5, 0.6) is 0 Å². The molecule has 0 aliphatic heterocycles. The topological polar surface area (TPSA) is 87.7 Å². The first-order valence-electron chi connectivity index (χ1n) is 5.95. The van der Waals surface area contributed by atoms with Crippen LogP contribution >= 0.6 is 15.9 Å². The highest BCUT2D eigenvalue weighted by Gasteiger charge is 2.26. The number of carbonyl (C=O) groups is 1. The van der Waals surface area contributed by atoms with Crippen molar-refractivity contribution in [2.24, 2.45) is 22.7 Å². The molecule has 104 valence electrons. The standard InChI is InChI=1S/C13H18BrN3O2/c1-8(2)11(12(15)17-19)13(18)16-7-9-3-5-10(14)6-4-9/h3-6,8,11,19H,7H2,1-2H3,(H2,15,17)(H,16,18). The van der Waals surface area contributed by atoms with Crippen LogP contribution in [0.3, 0.4) is 0 Å². The van der Waals surface area contributed by atoms with E-state index in [-0.39, 0.29) is 17.7 Å². The van der Waals surface area contributed by atoms with E-state index in [2.05, 4.69) is 26.4 Å². The molecule has 0 saturated carbocycles. The third kappa shape index (κ3) is 4.55. The molecule has 1 atom stereocenters. The lowest BCUT2D eigenvalue weighted by Gasteiger charge is -2.18. The number of benzene rings is 1. The summed E-state index contributed by atoms with van der Waals surface area (Å²) in [7, 11) is 0. The predicted molar refractivity (Wildman–Crippen MR) is 77.7 cm³/mol. The molecule has 0 aliphatic rings. The Morgan fingerprint density at radius 3 is 2.47 bits per heavy atom. The van der Waals surface area contributed by atoms with Crippen molar-refractivity contribution in [3.05, 3.63) is 34.3 Å². The van der Waals surface area contributed by atoms with Crippen molar-refractivity contribution in [2.75, 3.05) is 0 Å². The molecule has 1 amide bonds. The normalized spacial score (nSPS) is 13.4. The molecular weight excluding hydrogens is 310 g/mol. The van der Waals surface area contributed by atoms with Gasteiger partial charge in [0, 0.05) is 11.0 Å². The van der Waals surface area contributed by atoms with Gasteiger partial charge >= 0.3 is 0 Å². The number of nitrogens with two attached hydrogens (primary N) is 1. The summed E-state index contributed by atoms with van der Waals surface area (Å²) in [6.07, 6.45) is 0. The summed E-state index contributed by atoms with van der Waals surface area (Å²) in [5.74, 6) is -0.974. The average Bonchev–Trinajstić information content (AvgIpc) is 2.37. The highest BCUT2D eigenvalue weighted by Crippen LogP contribution is 2.13. The number of nitrogens with zero attached hydrogens (tertiary/aromatic N) is 1. The third-order valence-corrected chi connectivity index (χ3v) is 3.29. The number of nitrogens with one attached hydrogen (secondary N) is 1. The van der Waals surface area contributed by atoms with Gasteiger partial charge in [0.1, 0.15) is 5.92 Å². The molecule has 1 rings (SSSR count). The van der Waals surface area contributed by atoms with E-state index in [0.29, 0.717) is 6.54 Å². The first-order chi connectivity index (χ1) is 8.95. The van der Waals surface area contributed by atoms with Gasteiger partial charge in [-0.25, -0.2) is 0 Å². The fourth-order valence-corrected chi connectivity index (χ4v) is 2.01. The molecule has 19 heavy (non-hydrogen) atoms. The van der Waals surface area contributed by atoms with Crippen LogP contribution in [-0.2, 0) is 11.3 Å². The lowest BCUT2D eigenvalue weighted by atomic mass is 9.94. The van der Waals surface area contributed by atoms with Gasteiger partial charge < -0.3 is 16.3 Å². The minimum Gasteiger partial charge on any atom is -0.409 e. The predicted octanol–water partition coefficient (Wildman–Crippen LogP) is 2.08. The molecule has 0 bridgehead atoms. The van der Waals surface area contributed by atoms with Crippen LogP contribution in [-0.4, -0.2) is 17.0 Å². The Kier molecular flexibility index (Phi) is 5.82. The van der Waals surface area contributed by atoms with Crippen molar-refractivity contribution in [2.45, 2.75) is 20.4 Å². The SMILES string of the molecule is CC(C)C(C(=O)NCc1ccc(Br)cc1)C(N)=NO. The van der Waals surface area contributed by atoms with E-state index in [4.69, 9.17) is 10.9 Å². The minimum atomic E-state index is -0.625. The molecule has 0 saturated heterocycles. The molecule has 0 aromatic heterocycles. The quantitative estimate of drug-likeness (QED) is 0.335. The van der Waals surface area contributed by atoms with E-state index in [1.165, 1.54) is 0 Å². The number of oxime groups is 1. The maximum Gasteiger partial charge on any atom is 0.231 e. The van der Waals surface area contributed by atoms with E-state index < -0.39 is 5.92 Å². The van der Waals surface area contributed by atoms with Crippen molar-refractivity contribution in [3.63, 3.8) is 0 Å². The zero-order valence-corrected chi connectivity index (χ0v) is 12.5. The summed E-state index contributed by atoms with van der Waals surface area (Å²) >= 11 is 3.35. The first kappa shape index (κ1) is 15.5. The van der Waals surface area contributed by atoms with Crippen LogP contribution < -0.4 is 11.1 Å². The molecule has 0 aliphatic carbocycles. The van der Waals surface area contributed by atoms with Gasteiger partial charge in [0.05, 0.1) is 0 Å². The monoisotopic (exact) mass is 327 g/mol. The van der Waals surface area contributed by atoms with Crippen molar-refractivity contribution < 1.29 is 10.0 Å². The van der Waals surface area contributed by atoms with Gasteiger partial charge in [0.25, 0.3) is 0 Å². The lowest BCUT2D eigenvalue weighted by molar-refractivity contribution is -0.124. The van der Waals surface area contributed by atoms with Gasteiger partial charge in [-0.3, -0.25) is 4.79 Å². The maximum absolute atomic E-state index is 12.0. The zero-order valence-electron chi connectivity index (χ0n) is 10.9. The largest absolute Gasteiger partial charge is 0.409 e. The molecule has 0 fully saturated rings. The Bertz CT molecular complexity index is 457. The summed E-state index contributed by atoms with van der Waals surface area (Å²) < 4.78 is 0.985. The second kappa shape index (κ2) is 7.13. The third-order valence-electron chi connectivity index (χ3n) is 2.76. The van der Waals surface area contributed by atoms with Gasteiger partial charge in [0.15, 0.2) is 5.84 Å². The smallest absolute Gasteiger partial charge is 0.231 e. The highest BCUT2D eigenvalue weighted by atomic mass is 79.9. The summed E-state index contributed by atoms with van der Waals surface area (Å²) in [5, 5.41) is 14.4. The Morgan fingerprint density at radius 2 is 2.00 bits per heavy atom. The van der Waals surface area contributed by atoms with E-state index in [9.17, 15) is 4.79 Å². The number of hydrogen-bond acceptors (Lipinski definition) is 3. The molecule has 4 N–H and O–H groups in total. The molecule has 0 spiro atoms. The first-order valence-corrected chi connectivity index (χ1v) is 6.74. The second-order valence-electron chi connectivity index (χ2n) is 4.59. The Labute approximate surface area is 121 Å². The Balaban J connectivity index is 2.65. The van der Waals surface area contributed by atoms with Crippen molar-refractivity contribution in [1.82, 2.24) is 5.32 Å². The highest BCUT2D eigenvalue weighted by molar-refractivity contribution is 9.10. The number of amides is 1. The average molecular weight is 328 g/mol. The van der Waals surface area contributed by atoms with E-state index in [1.54, 1.807) is 0 Å². The number of amidine groups is 1. The van der Waals surface area contributed by atoms with Crippen LogP contribution in [0.25, 0.3) is 0 Å². The molecule has 6 heteroatoms. The Morgan fingerprint density at radius 1 is 1.42 bits per heavy atom. The summed E-state index contributed by atoms with van der Waals surface area (Å²) in [5.41, 5.74) is 6.53. The van der Waals surface area contributed by atoms with Gasteiger partial charge in [-0.2, -0.15) is 0 Å². The molecule has 0 radical (unpaired) electrons. The summed E-state index contributed by atoms with van der Waals surface area (Å²) in [6.45, 7) is 4.11. The van der Waals surface area contributed by atoms with Crippen LogP contribution in [0, 0.1) is 11.8 Å². The van der Waals surface area contributed by atoms with Crippen molar-refractivity contribution >= 4 is 27.7 Å². The maximum atomic E-state index is 12.0. The van der Waals surface area contributed by atoms with Crippen molar-refractivity contribution in [3.8, 4) is 0 Å². The van der Waals surface area contributed by atoms with Gasteiger partial charge in [-0.1, -0.05) is 47.1 Å². The van der Waals surface area contributed by atoms with E-state index in [1.807, 2.05) is 38.1 Å². The van der Waals surface area contributed by atoms with Crippen LogP contribution in [0.4, 0.5) is 0 Å². The molecule has 5 nitrogen and oxygen atoms in total. The lowest BCUT2D eigenvalue weighted by Crippen LogP contribution is -2.41. The number of halogens is 1. The number of rotatable bonds is 5. The fraction of sp³-hybridized carbons (Fsp3) is 0.385. The molecular formula is C13H18BrN3O2. The molecule has 1 unspecified atom stereocenters. The van der Waals surface area contributed by atoms with Gasteiger partial charge in [-0.15, -0.1) is 0 Å². The molecule has 0 heterocycles. The fourth-order valence-electron chi connectivity index (χ4n) is 1.74. The second-order valence-corrected chi connectivity index (χ2v) is 5.51. The van der Waals surface area contributed by atoms with E-state index in [0.717, 1.165) is 10.0 Å². The van der Waals surface area contributed by atoms with E-state index >= 15 is 0 Å². The van der Waals surface area contributed by atoms with Crippen LogP contribution in [0.1, 0.15) is 19.4 Å².